The molecule has 3 aliphatic heterocycles. The summed E-state index contributed by atoms with van der Waals surface area (Å²) < 4.78 is 55.4. The van der Waals surface area contributed by atoms with E-state index < -0.39 is 17.3 Å². The largest absolute Gasteiger partial charge is 0.491 e. The highest BCUT2D eigenvalue weighted by molar-refractivity contribution is 6.11. The highest BCUT2D eigenvalue weighted by Gasteiger charge is 2.57. The second-order valence-electron chi connectivity index (χ2n) is 7.85. The zero-order chi connectivity index (χ0) is 22.1. The van der Waals surface area contributed by atoms with Crippen molar-refractivity contribution in [3.05, 3.63) is 77.1 Å². The molecule has 0 N–H and O–H groups in total. The molecular formula is C23H15F3N2O4. The van der Waals surface area contributed by atoms with Gasteiger partial charge in [-0.05, 0) is 29.3 Å². The van der Waals surface area contributed by atoms with Crippen LogP contribution in [-0.2, 0) is 22.9 Å². The number of carbonyl (C=O) groups excluding carboxylic acids is 1. The summed E-state index contributed by atoms with van der Waals surface area (Å²) in [5, 5.41) is 0. The van der Waals surface area contributed by atoms with Crippen LogP contribution >= 0.6 is 0 Å². The molecule has 0 saturated carbocycles. The fraction of sp³-hybridized carbons (Fsp3) is 0.217. The number of rotatable bonds is 2. The summed E-state index contributed by atoms with van der Waals surface area (Å²) in [5.74, 6) is 1.45. The number of amides is 1. The van der Waals surface area contributed by atoms with Crippen molar-refractivity contribution in [2.75, 3.05) is 18.3 Å². The van der Waals surface area contributed by atoms with Gasteiger partial charge in [-0.1, -0.05) is 24.3 Å². The van der Waals surface area contributed by atoms with Crippen molar-refractivity contribution in [3.8, 4) is 17.2 Å². The van der Waals surface area contributed by atoms with Crippen LogP contribution < -0.4 is 19.1 Å². The number of benzene rings is 2. The zero-order valence-corrected chi connectivity index (χ0v) is 16.5. The lowest BCUT2D eigenvalue weighted by Gasteiger charge is -2.23. The predicted octanol–water partition coefficient (Wildman–Crippen LogP) is 4.05. The first-order valence-electron chi connectivity index (χ1n) is 9.88. The van der Waals surface area contributed by atoms with Gasteiger partial charge in [-0.2, -0.15) is 13.2 Å². The third-order valence-corrected chi connectivity index (χ3v) is 6.10. The minimum atomic E-state index is -4.52. The molecule has 2 aromatic carbocycles. The van der Waals surface area contributed by atoms with Gasteiger partial charge in [-0.3, -0.25) is 9.78 Å². The summed E-state index contributed by atoms with van der Waals surface area (Å²) >= 11 is 0. The number of aromatic nitrogens is 1. The van der Waals surface area contributed by atoms with Crippen molar-refractivity contribution in [3.63, 3.8) is 0 Å². The van der Waals surface area contributed by atoms with Crippen LogP contribution in [-0.4, -0.2) is 24.3 Å². The summed E-state index contributed by atoms with van der Waals surface area (Å²) in [4.78, 5) is 18.9. The van der Waals surface area contributed by atoms with Crippen molar-refractivity contribution < 1.29 is 32.2 Å². The number of halogens is 3. The van der Waals surface area contributed by atoms with Gasteiger partial charge in [0, 0.05) is 23.5 Å². The van der Waals surface area contributed by atoms with Gasteiger partial charge in [-0.25, -0.2) is 0 Å². The van der Waals surface area contributed by atoms with Crippen LogP contribution in [0, 0.1) is 0 Å². The number of ether oxygens (including phenoxy) is 3. The Balaban J connectivity index is 1.42. The monoisotopic (exact) mass is 440 g/mol. The molecule has 162 valence electrons. The molecule has 0 fully saturated rings. The van der Waals surface area contributed by atoms with Gasteiger partial charge < -0.3 is 19.1 Å². The SMILES string of the molecule is O=C1N(Cc2ccc(C(F)(F)F)nc2)c2ccccc2C12COc1cc3c(cc12)OCO3. The van der Waals surface area contributed by atoms with Gasteiger partial charge in [0.25, 0.3) is 0 Å². The van der Waals surface area contributed by atoms with Gasteiger partial charge >= 0.3 is 6.18 Å². The van der Waals surface area contributed by atoms with Gasteiger partial charge in [0.05, 0.1) is 6.54 Å². The van der Waals surface area contributed by atoms with Gasteiger partial charge in [0.2, 0.25) is 12.7 Å². The highest BCUT2D eigenvalue weighted by atomic mass is 19.4. The van der Waals surface area contributed by atoms with Crippen LogP contribution in [0.3, 0.4) is 0 Å². The Hall–Kier alpha value is -3.75. The number of hydrogen-bond acceptors (Lipinski definition) is 5. The zero-order valence-electron chi connectivity index (χ0n) is 16.5. The van der Waals surface area contributed by atoms with E-state index in [9.17, 15) is 18.0 Å². The fourth-order valence-corrected chi connectivity index (χ4v) is 4.59. The van der Waals surface area contributed by atoms with E-state index in [-0.39, 0.29) is 25.9 Å². The normalized spacial score (nSPS) is 20.5. The lowest BCUT2D eigenvalue weighted by atomic mass is 9.77. The minimum Gasteiger partial charge on any atom is -0.491 e. The van der Waals surface area contributed by atoms with Crippen molar-refractivity contribution in [1.82, 2.24) is 4.98 Å². The Morgan fingerprint density at radius 3 is 2.50 bits per heavy atom. The Bertz CT molecular complexity index is 1260. The number of fused-ring (bicyclic) bond motifs is 5. The standard InChI is InChI=1S/C23H15F3N2O4/c24-23(25,26)20-6-5-13(9-27-20)10-28-16-4-2-1-3-14(16)22(21(28)29)11-30-17-8-19-18(7-15(17)22)31-12-32-19/h1-9H,10-12H2. The summed E-state index contributed by atoms with van der Waals surface area (Å²) in [6.45, 7) is 0.300. The molecule has 1 aromatic heterocycles. The lowest BCUT2D eigenvalue weighted by Crippen LogP contribution is -2.42. The molecule has 4 heterocycles. The summed E-state index contributed by atoms with van der Waals surface area (Å²) in [6, 6.07) is 13.1. The van der Waals surface area contributed by atoms with E-state index in [1.165, 1.54) is 6.07 Å². The van der Waals surface area contributed by atoms with E-state index in [4.69, 9.17) is 14.2 Å². The van der Waals surface area contributed by atoms with Crippen LogP contribution in [0.15, 0.2) is 54.7 Å². The number of carbonyl (C=O) groups is 1. The summed E-state index contributed by atoms with van der Waals surface area (Å²) in [7, 11) is 0. The molecule has 9 heteroatoms. The number of anilines is 1. The maximum Gasteiger partial charge on any atom is 0.433 e. The number of alkyl halides is 3. The third-order valence-electron chi connectivity index (χ3n) is 6.10. The van der Waals surface area contributed by atoms with Crippen LogP contribution in [0.25, 0.3) is 0 Å². The summed E-state index contributed by atoms with van der Waals surface area (Å²) in [6.07, 6.45) is -3.36. The van der Waals surface area contributed by atoms with Gasteiger partial charge in [-0.15, -0.1) is 0 Å². The minimum absolute atomic E-state index is 0.0859. The van der Waals surface area contributed by atoms with Crippen LogP contribution in [0.1, 0.15) is 22.4 Å². The first-order chi connectivity index (χ1) is 15.4. The van der Waals surface area contributed by atoms with Crippen molar-refractivity contribution >= 4 is 11.6 Å². The molecule has 0 saturated heterocycles. The molecule has 1 unspecified atom stereocenters. The Labute approximate surface area is 180 Å². The van der Waals surface area contributed by atoms with Gasteiger partial charge in [0.1, 0.15) is 23.5 Å². The van der Waals surface area contributed by atoms with E-state index in [0.717, 1.165) is 17.8 Å². The Morgan fingerprint density at radius 2 is 1.75 bits per heavy atom. The number of hydrogen-bond donors (Lipinski definition) is 0. The van der Waals surface area contributed by atoms with Crippen molar-refractivity contribution in [1.29, 1.82) is 0 Å². The van der Waals surface area contributed by atoms with E-state index in [1.54, 1.807) is 17.0 Å². The third kappa shape index (κ3) is 2.54. The molecule has 3 aromatic rings. The number of pyridine rings is 1. The highest BCUT2D eigenvalue weighted by Crippen LogP contribution is 2.55. The molecular weight excluding hydrogens is 425 g/mol. The average Bonchev–Trinajstić information content (AvgIpc) is 3.45. The Kier molecular flexibility index (Phi) is 3.78. The lowest BCUT2D eigenvalue weighted by molar-refractivity contribution is -0.141. The molecule has 1 atom stereocenters. The second-order valence-corrected chi connectivity index (χ2v) is 7.85. The molecule has 3 aliphatic rings. The first kappa shape index (κ1) is 19.0. The molecule has 32 heavy (non-hydrogen) atoms. The molecule has 1 spiro atoms. The molecule has 6 rings (SSSR count). The van der Waals surface area contributed by atoms with Crippen LogP contribution in [0.2, 0.25) is 0 Å². The molecule has 0 bridgehead atoms. The van der Waals surface area contributed by atoms with Crippen LogP contribution in [0.4, 0.5) is 18.9 Å². The van der Waals surface area contributed by atoms with Crippen LogP contribution in [0.5, 0.6) is 17.2 Å². The molecule has 0 aliphatic carbocycles. The van der Waals surface area contributed by atoms with E-state index in [1.807, 2.05) is 24.3 Å². The molecule has 1 amide bonds. The van der Waals surface area contributed by atoms with Gasteiger partial charge in [0.15, 0.2) is 11.5 Å². The van der Waals surface area contributed by atoms with E-state index in [0.29, 0.717) is 34.1 Å². The van der Waals surface area contributed by atoms with E-state index >= 15 is 0 Å². The number of para-hydroxylation sites is 1. The number of nitrogens with zero attached hydrogens (tertiary/aromatic N) is 2. The second kappa shape index (κ2) is 6.38. The van der Waals surface area contributed by atoms with Crippen molar-refractivity contribution in [2.45, 2.75) is 18.1 Å². The van der Waals surface area contributed by atoms with E-state index in [2.05, 4.69) is 4.98 Å². The topological polar surface area (TPSA) is 60.9 Å². The predicted molar refractivity (Wildman–Crippen MR) is 106 cm³/mol. The smallest absolute Gasteiger partial charge is 0.433 e. The van der Waals surface area contributed by atoms with Crippen molar-refractivity contribution in [2.24, 2.45) is 0 Å². The molecule has 0 radical (unpaired) electrons. The molecule has 6 nitrogen and oxygen atoms in total. The average molecular weight is 440 g/mol. The summed E-state index contributed by atoms with van der Waals surface area (Å²) in [5.41, 5.74) is 0.607. The fourth-order valence-electron chi connectivity index (χ4n) is 4.59. The maximum absolute atomic E-state index is 13.9. The Morgan fingerprint density at radius 1 is 0.969 bits per heavy atom. The quantitative estimate of drug-likeness (QED) is 0.602. The first-order valence-corrected chi connectivity index (χ1v) is 9.88. The maximum atomic E-state index is 13.9.